The first-order chi connectivity index (χ1) is 16.7. The SMILES string of the molecule is CO[Si](CCCC[Si](OC)(C1CCCCC1)C1CCCCC1)(C1CCCCC1)C1CCCCC1. The van der Waals surface area contributed by atoms with E-state index in [9.17, 15) is 0 Å². The Balaban J connectivity index is 1.44. The molecular formula is C30H58O2Si2. The normalized spacial score (nSPS) is 25.6. The van der Waals surface area contributed by atoms with E-state index in [1.54, 1.807) is 0 Å². The largest absolute Gasteiger partial charge is 0.419 e. The molecule has 0 aromatic rings. The van der Waals surface area contributed by atoms with Gasteiger partial charge in [-0.2, -0.15) is 0 Å². The van der Waals surface area contributed by atoms with Crippen LogP contribution in [0.3, 0.4) is 0 Å². The van der Waals surface area contributed by atoms with Crippen LogP contribution in [-0.2, 0) is 8.85 Å². The molecule has 0 aromatic heterocycles. The van der Waals surface area contributed by atoms with E-state index in [1.807, 2.05) is 0 Å². The maximum Gasteiger partial charge on any atom is 0.198 e. The molecule has 0 bridgehead atoms. The molecule has 2 nitrogen and oxygen atoms in total. The summed E-state index contributed by atoms with van der Waals surface area (Å²) in [4.78, 5) is 0. The fraction of sp³-hybridized carbons (Fsp3) is 1.00. The van der Waals surface area contributed by atoms with Gasteiger partial charge in [0.1, 0.15) is 0 Å². The maximum absolute atomic E-state index is 6.83. The van der Waals surface area contributed by atoms with Crippen molar-refractivity contribution in [3.8, 4) is 0 Å². The molecule has 0 saturated heterocycles. The third-order valence-corrected chi connectivity index (χ3v) is 23.0. The molecule has 0 N–H and O–H groups in total. The Morgan fingerprint density at radius 1 is 0.412 bits per heavy atom. The molecule has 0 spiro atoms. The van der Waals surface area contributed by atoms with Crippen LogP contribution in [0.15, 0.2) is 0 Å². The molecule has 0 amide bonds. The van der Waals surface area contributed by atoms with Crippen LogP contribution in [0.4, 0.5) is 0 Å². The number of unbranched alkanes of at least 4 members (excludes halogenated alkanes) is 1. The highest BCUT2D eigenvalue weighted by Crippen LogP contribution is 2.53. The van der Waals surface area contributed by atoms with Gasteiger partial charge in [-0.15, -0.1) is 0 Å². The number of hydrogen-bond acceptors (Lipinski definition) is 2. The standard InChI is InChI=1S/C30H58O2Si2/c1-31-33(27-17-7-3-8-18-27,28-19-9-4-10-20-28)25-15-16-26-34(32-2,29-21-11-5-12-22-29)30-23-13-6-14-24-30/h27-30H,3-26H2,1-2H3. The third kappa shape index (κ3) is 6.25. The Kier molecular flexibility index (Phi) is 11.1. The lowest BCUT2D eigenvalue weighted by molar-refractivity contribution is 0.310. The summed E-state index contributed by atoms with van der Waals surface area (Å²) in [5.41, 5.74) is 3.82. The van der Waals surface area contributed by atoms with Crippen molar-refractivity contribution in [2.75, 3.05) is 14.2 Å². The van der Waals surface area contributed by atoms with Crippen molar-refractivity contribution in [1.29, 1.82) is 0 Å². The van der Waals surface area contributed by atoms with Gasteiger partial charge in [-0.3, -0.25) is 0 Å². The Morgan fingerprint density at radius 3 is 0.853 bits per heavy atom. The van der Waals surface area contributed by atoms with E-state index in [0.29, 0.717) is 0 Å². The molecule has 198 valence electrons. The summed E-state index contributed by atoms with van der Waals surface area (Å²) in [6.07, 6.45) is 32.4. The van der Waals surface area contributed by atoms with Gasteiger partial charge in [0, 0.05) is 14.2 Å². The molecular weight excluding hydrogens is 449 g/mol. The first kappa shape index (κ1) is 27.4. The van der Waals surface area contributed by atoms with Crippen molar-refractivity contribution < 1.29 is 8.85 Å². The van der Waals surface area contributed by atoms with Gasteiger partial charge in [0.25, 0.3) is 0 Å². The van der Waals surface area contributed by atoms with E-state index in [-0.39, 0.29) is 0 Å². The molecule has 0 aromatic carbocycles. The van der Waals surface area contributed by atoms with Gasteiger partial charge in [0.05, 0.1) is 0 Å². The molecule has 34 heavy (non-hydrogen) atoms. The third-order valence-electron chi connectivity index (χ3n) is 11.3. The molecule has 0 atom stereocenters. The zero-order valence-corrected chi connectivity index (χ0v) is 25.1. The van der Waals surface area contributed by atoms with Gasteiger partial charge >= 0.3 is 0 Å². The highest BCUT2D eigenvalue weighted by atomic mass is 28.4. The van der Waals surface area contributed by atoms with Crippen LogP contribution >= 0.6 is 0 Å². The van der Waals surface area contributed by atoms with Crippen molar-refractivity contribution >= 4 is 16.6 Å². The van der Waals surface area contributed by atoms with Crippen LogP contribution in [0.25, 0.3) is 0 Å². The van der Waals surface area contributed by atoms with Crippen molar-refractivity contribution in [3.63, 3.8) is 0 Å². The summed E-state index contributed by atoms with van der Waals surface area (Å²) in [6, 6.07) is 2.92. The second-order valence-electron chi connectivity index (χ2n) is 12.9. The topological polar surface area (TPSA) is 18.5 Å². The highest BCUT2D eigenvalue weighted by molar-refractivity contribution is 6.77. The Labute approximate surface area is 215 Å². The van der Waals surface area contributed by atoms with E-state index >= 15 is 0 Å². The molecule has 4 aliphatic rings. The minimum atomic E-state index is -1.68. The van der Waals surface area contributed by atoms with E-state index in [1.165, 1.54) is 153 Å². The predicted octanol–water partition coefficient (Wildman–Crippen LogP) is 10.3. The first-order valence-corrected chi connectivity index (χ1v) is 20.4. The smallest absolute Gasteiger partial charge is 0.198 e. The van der Waals surface area contributed by atoms with Crippen LogP contribution < -0.4 is 0 Å². The zero-order valence-electron chi connectivity index (χ0n) is 23.1. The average Bonchev–Trinajstić information content (AvgIpc) is 2.93. The van der Waals surface area contributed by atoms with Crippen LogP contribution in [-0.4, -0.2) is 30.9 Å². The van der Waals surface area contributed by atoms with Gasteiger partial charge in [0.15, 0.2) is 16.6 Å². The van der Waals surface area contributed by atoms with Crippen molar-refractivity contribution in [2.24, 2.45) is 0 Å². The number of hydrogen-bond donors (Lipinski definition) is 0. The summed E-state index contributed by atoms with van der Waals surface area (Å²) in [6.45, 7) is 0. The predicted molar refractivity (Wildman–Crippen MR) is 152 cm³/mol. The molecule has 4 rings (SSSR count). The molecule has 4 heteroatoms. The molecule has 0 unspecified atom stereocenters. The Morgan fingerprint density at radius 2 is 0.647 bits per heavy atom. The lowest BCUT2D eigenvalue weighted by atomic mass is 9.99. The van der Waals surface area contributed by atoms with Crippen LogP contribution in [0.5, 0.6) is 0 Å². The lowest BCUT2D eigenvalue weighted by Gasteiger charge is -2.47. The molecule has 4 fully saturated rings. The zero-order chi connectivity index (χ0) is 23.7. The van der Waals surface area contributed by atoms with Crippen molar-refractivity contribution in [2.45, 2.75) is 176 Å². The van der Waals surface area contributed by atoms with E-state index in [2.05, 4.69) is 14.2 Å². The van der Waals surface area contributed by atoms with E-state index in [4.69, 9.17) is 8.85 Å². The van der Waals surface area contributed by atoms with Crippen LogP contribution in [0, 0.1) is 0 Å². The van der Waals surface area contributed by atoms with Gasteiger partial charge in [-0.25, -0.2) is 0 Å². The van der Waals surface area contributed by atoms with Crippen molar-refractivity contribution in [1.82, 2.24) is 0 Å². The molecule has 0 aliphatic heterocycles. The number of rotatable bonds is 11. The maximum atomic E-state index is 6.83. The minimum Gasteiger partial charge on any atom is -0.419 e. The van der Waals surface area contributed by atoms with Crippen LogP contribution in [0.1, 0.15) is 141 Å². The van der Waals surface area contributed by atoms with E-state index in [0.717, 1.165) is 22.2 Å². The van der Waals surface area contributed by atoms with Gasteiger partial charge in [-0.1, -0.05) is 141 Å². The fourth-order valence-corrected chi connectivity index (χ4v) is 21.4. The van der Waals surface area contributed by atoms with Gasteiger partial charge in [-0.05, 0) is 34.3 Å². The highest BCUT2D eigenvalue weighted by Gasteiger charge is 2.50. The van der Waals surface area contributed by atoms with Gasteiger partial charge < -0.3 is 8.85 Å². The van der Waals surface area contributed by atoms with Crippen molar-refractivity contribution in [3.05, 3.63) is 0 Å². The Hall–Kier alpha value is 0.354. The molecule has 4 aliphatic carbocycles. The second kappa shape index (κ2) is 13.8. The first-order valence-electron chi connectivity index (χ1n) is 15.9. The summed E-state index contributed by atoms with van der Waals surface area (Å²) in [5, 5.41) is 0. The fourth-order valence-electron chi connectivity index (χ4n) is 9.52. The Bertz CT molecular complexity index is 472. The minimum absolute atomic E-state index is 0.954. The monoisotopic (exact) mass is 506 g/mol. The van der Waals surface area contributed by atoms with E-state index < -0.39 is 16.6 Å². The lowest BCUT2D eigenvalue weighted by Crippen LogP contribution is -2.49. The molecule has 0 heterocycles. The summed E-state index contributed by atoms with van der Waals surface area (Å²) in [7, 11) is 0.936. The average molecular weight is 507 g/mol. The quantitative estimate of drug-likeness (QED) is 0.205. The molecule has 0 radical (unpaired) electrons. The summed E-state index contributed by atoms with van der Waals surface area (Å²) >= 11 is 0. The summed E-state index contributed by atoms with van der Waals surface area (Å²) < 4.78 is 13.7. The molecule has 4 saturated carbocycles. The second-order valence-corrected chi connectivity index (χ2v) is 21.8. The van der Waals surface area contributed by atoms with Gasteiger partial charge in [0.2, 0.25) is 0 Å². The summed E-state index contributed by atoms with van der Waals surface area (Å²) in [5.74, 6) is 0. The van der Waals surface area contributed by atoms with Crippen LogP contribution in [0.2, 0.25) is 34.3 Å².